The zero-order chi connectivity index (χ0) is 28.3. The van der Waals surface area contributed by atoms with Gasteiger partial charge in [-0.25, -0.2) is 0 Å². The van der Waals surface area contributed by atoms with Gasteiger partial charge in [-0.05, 0) is 62.4 Å². The number of benzene rings is 7. The van der Waals surface area contributed by atoms with E-state index in [1.165, 1.54) is 64.3 Å². The van der Waals surface area contributed by atoms with E-state index in [2.05, 4.69) is 138 Å². The quantitative estimate of drug-likeness (QED) is 0.199. The van der Waals surface area contributed by atoms with Crippen molar-refractivity contribution in [2.24, 2.45) is 0 Å². The van der Waals surface area contributed by atoms with Gasteiger partial charge in [0.15, 0.2) is 0 Å². The van der Waals surface area contributed by atoms with Gasteiger partial charge in [-0.3, -0.25) is 9.97 Å². The lowest BCUT2D eigenvalue weighted by molar-refractivity contribution is 1.31. The maximum absolute atomic E-state index is 4.70. The first kappa shape index (κ1) is 24.2. The molecule has 3 heteroatoms. The van der Waals surface area contributed by atoms with Gasteiger partial charge in [0.05, 0.1) is 11.0 Å². The smallest absolute Gasteiger partial charge is 0.0971 e. The van der Waals surface area contributed by atoms with Crippen molar-refractivity contribution in [1.29, 1.82) is 0 Å². The largest absolute Gasteiger partial charge is 0.252 e. The van der Waals surface area contributed by atoms with Gasteiger partial charge < -0.3 is 0 Å². The summed E-state index contributed by atoms with van der Waals surface area (Å²) in [7, 11) is 0. The summed E-state index contributed by atoms with van der Waals surface area (Å²) >= 11 is 1.88. The van der Waals surface area contributed by atoms with E-state index in [9.17, 15) is 0 Å². The summed E-state index contributed by atoms with van der Waals surface area (Å²) in [4.78, 5) is 9.37. The summed E-state index contributed by atoms with van der Waals surface area (Å²) in [5, 5.41) is 7.34. The number of thiophene rings is 1. The highest BCUT2D eigenvalue weighted by molar-refractivity contribution is 7.26. The Morgan fingerprint density at radius 3 is 1.74 bits per heavy atom. The summed E-state index contributed by atoms with van der Waals surface area (Å²) in [5.74, 6) is 0. The lowest BCUT2D eigenvalue weighted by Gasteiger charge is -2.11. The molecule has 200 valence electrons. The summed E-state index contributed by atoms with van der Waals surface area (Å²) in [6.07, 6.45) is 3.55. The Kier molecular flexibility index (Phi) is 5.40. The molecule has 43 heavy (non-hydrogen) atoms. The number of fused-ring (bicyclic) bond motifs is 9. The molecule has 0 saturated carbocycles. The molecule has 0 bridgehead atoms. The third kappa shape index (κ3) is 3.86. The van der Waals surface area contributed by atoms with Gasteiger partial charge in [-0.2, -0.15) is 0 Å². The van der Waals surface area contributed by atoms with Gasteiger partial charge in [-0.1, -0.05) is 115 Å². The zero-order valence-electron chi connectivity index (χ0n) is 23.2. The van der Waals surface area contributed by atoms with E-state index in [4.69, 9.17) is 4.98 Å². The van der Waals surface area contributed by atoms with E-state index in [1.54, 1.807) is 12.4 Å². The lowest BCUT2D eigenvalue weighted by atomic mass is 9.94. The number of aromatic nitrogens is 2. The van der Waals surface area contributed by atoms with E-state index in [0.29, 0.717) is 0 Å². The first-order valence-electron chi connectivity index (χ1n) is 14.5. The first-order valence-corrected chi connectivity index (χ1v) is 15.3. The Labute approximate surface area is 252 Å². The highest BCUT2D eigenvalue weighted by Crippen LogP contribution is 2.41. The first-order chi connectivity index (χ1) is 21.3. The number of rotatable bonds is 3. The molecule has 0 aliphatic carbocycles. The van der Waals surface area contributed by atoms with Crippen molar-refractivity contribution in [3.05, 3.63) is 146 Å². The van der Waals surface area contributed by atoms with Crippen LogP contribution in [0.4, 0.5) is 0 Å². The minimum Gasteiger partial charge on any atom is -0.252 e. The number of hydrogen-bond donors (Lipinski definition) is 0. The summed E-state index contributed by atoms with van der Waals surface area (Å²) in [6, 6.07) is 48.4. The van der Waals surface area contributed by atoms with Crippen LogP contribution in [-0.4, -0.2) is 9.97 Å². The number of hydrogen-bond acceptors (Lipinski definition) is 3. The molecule has 0 aliphatic rings. The van der Waals surface area contributed by atoms with Crippen molar-refractivity contribution in [2.75, 3.05) is 0 Å². The monoisotopic (exact) mass is 564 g/mol. The highest BCUT2D eigenvalue weighted by atomic mass is 32.1. The van der Waals surface area contributed by atoms with Crippen LogP contribution >= 0.6 is 11.3 Å². The third-order valence-electron chi connectivity index (χ3n) is 8.57. The molecule has 0 fully saturated rings. The maximum Gasteiger partial charge on any atom is 0.0971 e. The van der Waals surface area contributed by atoms with Crippen molar-refractivity contribution in [1.82, 2.24) is 9.97 Å². The normalized spacial score (nSPS) is 11.7. The molecule has 9 rings (SSSR count). The second-order valence-corrected chi connectivity index (χ2v) is 12.1. The fourth-order valence-corrected chi connectivity index (χ4v) is 7.74. The molecular weight excluding hydrogens is 541 g/mol. The Morgan fingerprint density at radius 1 is 0.372 bits per heavy atom. The molecule has 2 nitrogen and oxygen atoms in total. The predicted molar refractivity (Wildman–Crippen MR) is 184 cm³/mol. The van der Waals surface area contributed by atoms with Crippen LogP contribution in [0.2, 0.25) is 0 Å². The topological polar surface area (TPSA) is 25.8 Å². The summed E-state index contributed by atoms with van der Waals surface area (Å²) < 4.78 is 2.68. The van der Waals surface area contributed by atoms with Crippen LogP contribution < -0.4 is 0 Å². The van der Waals surface area contributed by atoms with Crippen LogP contribution in [0.15, 0.2) is 146 Å². The van der Waals surface area contributed by atoms with Gasteiger partial charge in [0.25, 0.3) is 0 Å². The van der Waals surface area contributed by atoms with Crippen LogP contribution in [0.5, 0.6) is 0 Å². The molecule has 0 atom stereocenters. The van der Waals surface area contributed by atoms with Crippen LogP contribution in [0.25, 0.3) is 86.1 Å². The van der Waals surface area contributed by atoms with Gasteiger partial charge in [-0.15, -0.1) is 11.3 Å². The molecule has 0 saturated heterocycles. The molecule has 0 aliphatic heterocycles. The predicted octanol–water partition coefficient (Wildman–Crippen LogP) is 11.3. The van der Waals surface area contributed by atoms with Gasteiger partial charge in [0.2, 0.25) is 0 Å². The fraction of sp³-hybridized carbons (Fsp3) is 0. The van der Waals surface area contributed by atoms with E-state index in [-0.39, 0.29) is 0 Å². The van der Waals surface area contributed by atoms with E-state index >= 15 is 0 Å². The van der Waals surface area contributed by atoms with E-state index in [1.807, 2.05) is 11.3 Å². The second kappa shape index (κ2) is 9.59. The van der Waals surface area contributed by atoms with Crippen LogP contribution in [0.3, 0.4) is 0 Å². The molecule has 2 aromatic heterocycles. The van der Waals surface area contributed by atoms with Crippen LogP contribution in [0.1, 0.15) is 0 Å². The second-order valence-electron chi connectivity index (χ2n) is 11.0. The average molecular weight is 565 g/mol. The molecule has 2 heterocycles. The molecule has 0 amide bonds. The van der Waals surface area contributed by atoms with Gasteiger partial charge >= 0.3 is 0 Å². The molecular formula is C40H24N2S. The van der Waals surface area contributed by atoms with Crippen molar-refractivity contribution >= 4 is 64.1 Å². The summed E-state index contributed by atoms with van der Waals surface area (Å²) in [5.41, 5.74) is 9.25. The summed E-state index contributed by atoms with van der Waals surface area (Å²) in [6.45, 7) is 0. The molecule has 0 unspecified atom stereocenters. The molecule has 0 spiro atoms. The van der Waals surface area contributed by atoms with Crippen molar-refractivity contribution in [3.8, 4) is 33.4 Å². The van der Waals surface area contributed by atoms with Crippen LogP contribution in [0, 0.1) is 0 Å². The third-order valence-corrected chi connectivity index (χ3v) is 9.79. The Hall–Kier alpha value is -5.38. The zero-order valence-corrected chi connectivity index (χ0v) is 24.0. The van der Waals surface area contributed by atoms with Crippen LogP contribution in [-0.2, 0) is 0 Å². The molecule has 0 N–H and O–H groups in total. The molecule has 0 radical (unpaired) electrons. The standard InChI is InChI=1S/C40H24N2S/c1-2-11-33-31(9-1)36-24-28(19-20-34(36)39-38(33)41-21-22-42-39)26-17-15-25(16-18-26)27-7-5-8-29(23-27)30-12-6-13-35-32-10-3-4-14-37(32)43-40(30)35/h1-24H. The lowest BCUT2D eigenvalue weighted by Crippen LogP contribution is -1.89. The Morgan fingerprint density at radius 2 is 0.953 bits per heavy atom. The van der Waals surface area contributed by atoms with E-state index in [0.717, 1.165) is 21.8 Å². The van der Waals surface area contributed by atoms with Crippen molar-refractivity contribution in [3.63, 3.8) is 0 Å². The van der Waals surface area contributed by atoms with Crippen molar-refractivity contribution < 1.29 is 0 Å². The highest BCUT2D eigenvalue weighted by Gasteiger charge is 2.13. The van der Waals surface area contributed by atoms with Gasteiger partial charge in [0, 0.05) is 43.3 Å². The SMILES string of the molecule is c1cc(-c2ccc(-c3ccc4c(c3)c3ccccc3c3nccnc43)cc2)cc(-c2cccc3c2sc2ccccc23)c1. The molecule has 7 aromatic carbocycles. The Balaban J connectivity index is 1.11. The minimum absolute atomic E-state index is 0.948. The molecule has 9 aromatic rings. The minimum atomic E-state index is 0.948. The fourth-order valence-electron chi connectivity index (χ4n) is 6.51. The van der Waals surface area contributed by atoms with Gasteiger partial charge in [0.1, 0.15) is 0 Å². The number of nitrogens with zero attached hydrogens (tertiary/aromatic N) is 2. The van der Waals surface area contributed by atoms with Crippen molar-refractivity contribution in [2.45, 2.75) is 0 Å². The maximum atomic E-state index is 4.70. The van der Waals surface area contributed by atoms with E-state index < -0.39 is 0 Å². The Bertz CT molecular complexity index is 2470. The average Bonchev–Trinajstić information content (AvgIpc) is 3.47.